The van der Waals surface area contributed by atoms with Gasteiger partial charge in [0.25, 0.3) is 0 Å². The molecule has 1 N–H and O–H groups in total. The highest BCUT2D eigenvalue weighted by atomic mass is 15.0. The van der Waals surface area contributed by atoms with Gasteiger partial charge < -0.3 is 5.32 Å². The Hall–Kier alpha value is -2.94. The van der Waals surface area contributed by atoms with Crippen LogP contribution in [-0.4, -0.2) is 16.7 Å². The number of allylic oxidation sites excluding steroid dienone is 5. The molecule has 0 aromatic carbocycles. The first-order chi connectivity index (χ1) is 13.1. The highest BCUT2D eigenvalue weighted by Crippen LogP contribution is 2.51. The van der Waals surface area contributed by atoms with Crippen LogP contribution in [0, 0.1) is 5.92 Å². The molecule has 2 heterocycles. The van der Waals surface area contributed by atoms with Crippen LogP contribution < -0.4 is 5.32 Å². The fourth-order valence-corrected chi connectivity index (χ4v) is 4.52. The number of hydrogen-bond donors (Lipinski definition) is 1. The Balaban J connectivity index is 1.75. The van der Waals surface area contributed by atoms with Gasteiger partial charge in [-0.2, -0.15) is 0 Å². The molecule has 1 aliphatic heterocycles. The van der Waals surface area contributed by atoms with Gasteiger partial charge >= 0.3 is 0 Å². The van der Waals surface area contributed by atoms with E-state index in [0.29, 0.717) is 5.92 Å². The summed E-state index contributed by atoms with van der Waals surface area (Å²) < 4.78 is 0. The number of dihydropyridines is 1. The SMILES string of the molecule is C=C1C=CC2=C(CC3C=C(C)CC2(N=C/C=C/c2cccnc2)/C3=C/C)N1. The zero-order chi connectivity index (χ0) is 18.9. The lowest BCUT2D eigenvalue weighted by atomic mass is 9.62. The molecule has 4 rings (SSSR count). The number of pyridine rings is 1. The number of nitrogens with one attached hydrogen (secondary N) is 1. The molecule has 1 aromatic rings. The molecule has 2 unspecified atom stereocenters. The molecule has 1 aromatic heterocycles. The maximum absolute atomic E-state index is 5.14. The third-order valence-corrected chi connectivity index (χ3v) is 5.52. The lowest BCUT2D eigenvalue weighted by molar-refractivity contribution is 0.453. The summed E-state index contributed by atoms with van der Waals surface area (Å²) >= 11 is 0. The third kappa shape index (κ3) is 3.14. The standard InChI is InChI=1S/C24H25N3/c1-4-21-20-13-17(2)15-24(21,22-10-9-18(3)27-23(22)14-20)26-12-6-8-19-7-5-11-25-16-19/h4-13,16,20,27H,3,14-15H2,1-2H3/b8-6+,21-4+,26-12?. The first kappa shape index (κ1) is 17.5. The van der Waals surface area contributed by atoms with Gasteiger partial charge in [0.05, 0.1) is 0 Å². The molecule has 136 valence electrons. The average Bonchev–Trinajstić information content (AvgIpc) is 2.65. The molecule has 27 heavy (non-hydrogen) atoms. The van der Waals surface area contributed by atoms with Gasteiger partial charge in [0.15, 0.2) is 0 Å². The van der Waals surface area contributed by atoms with Gasteiger partial charge in [-0.05, 0) is 49.6 Å². The molecule has 0 fully saturated rings. The van der Waals surface area contributed by atoms with Crippen LogP contribution in [0.5, 0.6) is 0 Å². The van der Waals surface area contributed by atoms with Gasteiger partial charge in [-0.3, -0.25) is 9.98 Å². The van der Waals surface area contributed by atoms with Crippen LogP contribution in [-0.2, 0) is 0 Å². The zero-order valence-corrected chi connectivity index (χ0v) is 15.9. The molecular weight excluding hydrogens is 330 g/mol. The van der Waals surface area contributed by atoms with Gasteiger partial charge in [-0.25, -0.2) is 0 Å². The molecule has 0 radical (unpaired) electrons. The molecule has 0 amide bonds. The van der Waals surface area contributed by atoms with Crippen molar-refractivity contribution in [2.24, 2.45) is 10.9 Å². The summed E-state index contributed by atoms with van der Waals surface area (Å²) in [6.45, 7) is 8.43. The molecule has 0 spiro atoms. The fourth-order valence-electron chi connectivity index (χ4n) is 4.52. The zero-order valence-electron chi connectivity index (χ0n) is 15.9. The van der Waals surface area contributed by atoms with Crippen LogP contribution in [0.3, 0.4) is 0 Å². The predicted molar refractivity (Wildman–Crippen MR) is 113 cm³/mol. The van der Waals surface area contributed by atoms with Crippen LogP contribution in [0.1, 0.15) is 32.3 Å². The lowest BCUT2D eigenvalue weighted by Crippen LogP contribution is -2.44. The number of nitrogens with zero attached hydrogens (tertiary/aromatic N) is 2. The van der Waals surface area contributed by atoms with Crippen molar-refractivity contribution in [3.8, 4) is 0 Å². The van der Waals surface area contributed by atoms with Crippen molar-refractivity contribution >= 4 is 12.3 Å². The van der Waals surface area contributed by atoms with Crippen LogP contribution >= 0.6 is 0 Å². The highest BCUT2D eigenvalue weighted by molar-refractivity contribution is 5.79. The summed E-state index contributed by atoms with van der Waals surface area (Å²) in [5.74, 6) is 0.397. The summed E-state index contributed by atoms with van der Waals surface area (Å²) in [6.07, 6.45) is 20.5. The topological polar surface area (TPSA) is 37.3 Å². The first-order valence-electron chi connectivity index (χ1n) is 9.46. The number of aromatic nitrogens is 1. The second-order valence-corrected chi connectivity index (χ2v) is 7.40. The summed E-state index contributed by atoms with van der Waals surface area (Å²) in [7, 11) is 0. The van der Waals surface area contributed by atoms with Gasteiger partial charge in [0.2, 0.25) is 0 Å². The van der Waals surface area contributed by atoms with Crippen LogP contribution in [0.2, 0.25) is 0 Å². The first-order valence-corrected chi connectivity index (χ1v) is 9.46. The van der Waals surface area contributed by atoms with E-state index in [0.717, 1.165) is 24.1 Å². The average molecular weight is 355 g/mol. The Morgan fingerprint density at radius 3 is 3.04 bits per heavy atom. The minimum Gasteiger partial charge on any atom is -0.359 e. The normalized spacial score (nSPS) is 28.7. The Morgan fingerprint density at radius 2 is 2.26 bits per heavy atom. The number of fused-ring (bicyclic) bond motifs is 3. The maximum Gasteiger partial charge on any atom is 0.112 e. The van der Waals surface area contributed by atoms with Gasteiger partial charge in [-0.1, -0.05) is 42.5 Å². The van der Waals surface area contributed by atoms with E-state index in [1.807, 2.05) is 36.7 Å². The summed E-state index contributed by atoms with van der Waals surface area (Å²) in [4.78, 5) is 9.29. The molecule has 2 aliphatic carbocycles. The Morgan fingerprint density at radius 1 is 1.37 bits per heavy atom. The van der Waals surface area contributed by atoms with E-state index < -0.39 is 0 Å². The van der Waals surface area contributed by atoms with E-state index in [4.69, 9.17) is 4.99 Å². The monoisotopic (exact) mass is 355 g/mol. The summed E-state index contributed by atoms with van der Waals surface area (Å²) in [5, 5.41) is 3.49. The second-order valence-electron chi connectivity index (χ2n) is 7.40. The molecule has 2 bridgehead atoms. The van der Waals surface area contributed by atoms with E-state index in [-0.39, 0.29) is 5.54 Å². The van der Waals surface area contributed by atoms with Crippen LogP contribution in [0.25, 0.3) is 6.08 Å². The summed E-state index contributed by atoms with van der Waals surface area (Å²) in [6, 6.07) is 3.98. The van der Waals surface area contributed by atoms with E-state index in [1.165, 1.54) is 22.4 Å². The molecule has 3 aliphatic rings. The van der Waals surface area contributed by atoms with Crippen LogP contribution in [0.15, 0.2) is 94.6 Å². The van der Waals surface area contributed by atoms with Crippen molar-refractivity contribution in [3.63, 3.8) is 0 Å². The quantitative estimate of drug-likeness (QED) is 0.601. The second kappa shape index (κ2) is 6.99. The van der Waals surface area contributed by atoms with E-state index in [9.17, 15) is 0 Å². The van der Waals surface area contributed by atoms with Gasteiger partial charge in [0.1, 0.15) is 5.54 Å². The van der Waals surface area contributed by atoms with Crippen molar-refractivity contribution in [2.75, 3.05) is 0 Å². The van der Waals surface area contributed by atoms with E-state index in [2.05, 4.69) is 55.0 Å². The van der Waals surface area contributed by atoms with Crippen molar-refractivity contribution in [2.45, 2.75) is 32.2 Å². The van der Waals surface area contributed by atoms with Gasteiger partial charge in [-0.15, -0.1) is 0 Å². The molecule has 3 nitrogen and oxygen atoms in total. The van der Waals surface area contributed by atoms with Crippen molar-refractivity contribution in [1.29, 1.82) is 0 Å². The number of rotatable bonds is 3. The van der Waals surface area contributed by atoms with Crippen molar-refractivity contribution < 1.29 is 0 Å². The molecule has 0 saturated heterocycles. The smallest absolute Gasteiger partial charge is 0.112 e. The van der Waals surface area contributed by atoms with Crippen LogP contribution in [0.4, 0.5) is 0 Å². The molecular formula is C24H25N3. The Kier molecular flexibility index (Phi) is 4.53. The maximum atomic E-state index is 5.14. The third-order valence-electron chi connectivity index (χ3n) is 5.52. The minimum atomic E-state index is -0.324. The number of aliphatic imine (C=N–C) groups is 1. The lowest BCUT2D eigenvalue weighted by Gasteiger charge is -2.47. The van der Waals surface area contributed by atoms with Crippen molar-refractivity contribution in [1.82, 2.24) is 10.3 Å². The largest absolute Gasteiger partial charge is 0.359 e. The predicted octanol–water partition coefficient (Wildman–Crippen LogP) is 5.15. The van der Waals surface area contributed by atoms with E-state index in [1.54, 1.807) is 6.20 Å². The molecule has 2 atom stereocenters. The highest BCUT2D eigenvalue weighted by Gasteiger charge is 2.47. The Bertz CT molecular complexity index is 941. The number of hydrogen-bond acceptors (Lipinski definition) is 3. The van der Waals surface area contributed by atoms with Gasteiger partial charge in [0, 0.05) is 47.9 Å². The van der Waals surface area contributed by atoms with E-state index >= 15 is 0 Å². The molecule has 0 saturated carbocycles. The van der Waals surface area contributed by atoms with Crippen molar-refractivity contribution in [3.05, 3.63) is 95.2 Å². The summed E-state index contributed by atoms with van der Waals surface area (Å²) in [5.41, 5.74) is 7.04. The minimum absolute atomic E-state index is 0.324. The molecule has 3 heteroatoms. The Labute approximate surface area is 161 Å². The fraction of sp³-hybridized carbons (Fsp3) is 0.250.